The fourth-order valence-corrected chi connectivity index (χ4v) is 30.1. The second-order valence-electron chi connectivity index (χ2n) is 9.39. The summed E-state index contributed by atoms with van der Waals surface area (Å²) in [4.78, 5) is 0. The van der Waals surface area contributed by atoms with E-state index < -0.39 is 15.7 Å². The Balaban J connectivity index is 0.00000171. The number of hydrogen-bond acceptors (Lipinski definition) is 0. The summed E-state index contributed by atoms with van der Waals surface area (Å²) in [7, 11) is 0. The Kier molecular flexibility index (Phi) is 8.70. The van der Waals surface area contributed by atoms with Crippen LogP contribution in [0.4, 0.5) is 8.78 Å². The van der Waals surface area contributed by atoms with Gasteiger partial charge in [-0.25, -0.2) is 0 Å². The molecule has 180 valence electrons. The molecule has 0 saturated carbocycles. The Morgan fingerprint density at radius 2 is 1.11 bits per heavy atom. The van der Waals surface area contributed by atoms with Crippen molar-refractivity contribution in [2.45, 2.75) is 17.5 Å². The third kappa shape index (κ3) is 4.90. The van der Waals surface area contributed by atoms with Crippen LogP contribution in [-0.2, 0) is 15.7 Å². The first-order valence-electron chi connectivity index (χ1n) is 11.3. The average molecular weight is 649 g/mol. The molecule has 0 heterocycles. The number of rotatable bonds is 5. The molecule has 0 radical (unpaired) electrons. The van der Waals surface area contributed by atoms with Crippen LogP contribution in [0.3, 0.4) is 0 Å². The van der Waals surface area contributed by atoms with Gasteiger partial charge in [0.15, 0.2) is 0 Å². The van der Waals surface area contributed by atoms with Gasteiger partial charge in [0.25, 0.3) is 0 Å². The van der Waals surface area contributed by atoms with Gasteiger partial charge in [-0.1, -0.05) is 0 Å². The molecule has 2 aliphatic rings. The summed E-state index contributed by atoms with van der Waals surface area (Å²) in [6, 6.07) is 24.9. The fourth-order valence-electron chi connectivity index (χ4n) is 5.56. The van der Waals surface area contributed by atoms with Crippen LogP contribution in [0.5, 0.6) is 0 Å². The van der Waals surface area contributed by atoms with Crippen LogP contribution in [0.1, 0.15) is 24.0 Å². The minimum atomic E-state index is -3.99. The zero-order chi connectivity index (χ0) is 23.1. The predicted molar refractivity (Wildman–Crippen MR) is 149 cm³/mol. The van der Waals surface area contributed by atoms with Crippen LogP contribution in [0.15, 0.2) is 110 Å². The molecule has 0 aromatic heterocycles. The second kappa shape index (κ2) is 10.8. The Morgan fingerprint density at radius 1 is 0.657 bits per heavy atom. The van der Waals surface area contributed by atoms with Crippen LogP contribution >= 0.6 is 24.8 Å². The van der Waals surface area contributed by atoms with Gasteiger partial charge in [-0.2, -0.15) is 0 Å². The summed E-state index contributed by atoms with van der Waals surface area (Å²) in [6.45, 7) is 0. The van der Waals surface area contributed by atoms with Crippen molar-refractivity contribution in [3.05, 3.63) is 132 Å². The van der Waals surface area contributed by atoms with E-state index in [0.29, 0.717) is 0 Å². The topological polar surface area (TPSA) is 0 Å². The molecular weight excluding hydrogens is 621 g/mol. The second-order valence-corrected chi connectivity index (χ2v) is 45.6. The van der Waals surface area contributed by atoms with Gasteiger partial charge in [0, 0.05) is 0 Å². The molecule has 0 atom stereocenters. The summed E-state index contributed by atoms with van der Waals surface area (Å²) in [5.74, 6) is -0.417. The van der Waals surface area contributed by atoms with E-state index in [2.05, 4.69) is 59.3 Å². The van der Waals surface area contributed by atoms with Gasteiger partial charge in [0.1, 0.15) is 0 Å². The van der Waals surface area contributed by atoms with Crippen molar-refractivity contribution in [1.82, 2.24) is 0 Å². The van der Waals surface area contributed by atoms with Crippen molar-refractivity contribution in [2.24, 2.45) is 0 Å². The Labute approximate surface area is 224 Å². The van der Waals surface area contributed by atoms with Crippen molar-refractivity contribution in [3.8, 4) is 0 Å². The summed E-state index contributed by atoms with van der Waals surface area (Å²) in [6.07, 6.45) is 10.6. The van der Waals surface area contributed by atoms with Crippen LogP contribution in [0.2, 0.25) is 4.63 Å². The summed E-state index contributed by atoms with van der Waals surface area (Å²) >= 11 is -2.84. The third-order valence-corrected chi connectivity index (χ3v) is 38.0. The average Bonchev–Trinajstić information content (AvgIpc) is 3.51. The molecule has 0 amide bonds. The van der Waals surface area contributed by atoms with Crippen molar-refractivity contribution in [2.75, 3.05) is 0 Å². The fraction of sp³-hybridized carbons (Fsp3) is 0.103. The first-order valence-corrected chi connectivity index (χ1v) is 28.0. The van der Waals surface area contributed by atoms with Crippen molar-refractivity contribution < 1.29 is 24.4 Å². The zero-order valence-electron chi connectivity index (χ0n) is 19.5. The quantitative estimate of drug-likeness (QED) is 0.252. The van der Waals surface area contributed by atoms with Gasteiger partial charge in [-0.3, -0.25) is 0 Å². The number of benzene rings is 3. The SMILES string of the molecule is Cl.Cl.[CH3][Zr](=[GeH2])([C]1=C(c2cccc(F)c2)C=CC1)([C]1=C(c2cccc(F)c2)C=CC1)[c]1ccccc1. The summed E-state index contributed by atoms with van der Waals surface area (Å²) < 4.78 is 35.4. The predicted octanol–water partition coefficient (Wildman–Crippen LogP) is 7.46. The Bertz CT molecular complexity index is 1370. The standard InChI is InChI=1S/2C11H8F.C6H5.CH3.2ClH.GeH2.Zr/c2*12-11-7-3-6-10(8-11)9-4-1-2-5-9;1-2-4-6-5-3-1;;;;;/h2*1,3-4,6-8H,2H2;1-5H;1H3;2*1H;1H2;. The van der Waals surface area contributed by atoms with Crippen LogP contribution < -0.4 is 3.27 Å². The maximum atomic E-state index is 14.2. The summed E-state index contributed by atoms with van der Waals surface area (Å²) in [5.41, 5.74) is 4.25. The van der Waals surface area contributed by atoms with Gasteiger partial charge >= 0.3 is 201 Å². The molecule has 6 heteroatoms. The molecule has 0 fully saturated rings. The van der Waals surface area contributed by atoms with Gasteiger partial charge in [0.2, 0.25) is 0 Å². The van der Waals surface area contributed by atoms with Crippen molar-refractivity contribution >= 4 is 51.4 Å². The van der Waals surface area contributed by atoms with E-state index in [0.717, 1.165) is 36.1 Å². The molecule has 0 bridgehead atoms. The van der Waals surface area contributed by atoms with E-state index in [1.165, 1.54) is 33.1 Å². The molecule has 0 N–H and O–H groups in total. The number of allylic oxidation sites excluding steroid dienone is 8. The first-order chi connectivity index (χ1) is 15.9. The summed E-state index contributed by atoms with van der Waals surface area (Å²) in [5, 5.41) is 0. The van der Waals surface area contributed by atoms with E-state index in [4.69, 9.17) is 0 Å². The molecule has 35 heavy (non-hydrogen) atoms. The van der Waals surface area contributed by atoms with E-state index in [-0.39, 0.29) is 36.4 Å². The van der Waals surface area contributed by atoms with Crippen LogP contribution in [0.25, 0.3) is 11.1 Å². The maximum absolute atomic E-state index is 14.2. The van der Waals surface area contributed by atoms with Gasteiger partial charge in [0.05, 0.1) is 0 Å². The molecule has 3 aromatic rings. The Hall–Kier alpha value is -1.51. The van der Waals surface area contributed by atoms with Crippen LogP contribution in [0, 0.1) is 11.6 Å². The van der Waals surface area contributed by atoms with Gasteiger partial charge in [-0.05, 0) is 0 Å². The minimum absolute atomic E-state index is 0. The molecule has 0 spiro atoms. The van der Waals surface area contributed by atoms with Crippen LogP contribution in [-0.4, -0.2) is 12.1 Å². The molecule has 3 aromatic carbocycles. The van der Waals surface area contributed by atoms with E-state index in [1.807, 2.05) is 12.1 Å². The molecular formula is C29H28Cl2F2GeZr. The zero-order valence-corrected chi connectivity index (χ0v) is 26.6. The van der Waals surface area contributed by atoms with E-state index in [1.54, 1.807) is 24.3 Å². The molecule has 0 aliphatic heterocycles. The third-order valence-electron chi connectivity index (χ3n) is 7.32. The Morgan fingerprint density at radius 3 is 1.54 bits per heavy atom. The van der Waals surface area contributed by atoms with Gasteiger partial charge < -0.3 is 0 Å². The normalized spacial score (nSPS) is 15.3. The monoisotopic (exact) mass is 648 g/mol. The molecule has 0 nitrogen and oxygen atoms in total. The molecule has 2 aliphatic carbocycles. The van der Waals surface area contributed by atoms with Crippen molar-refractivity contribution in [1.29, 1.82) is 0 Å². The molecule has 0 unspecified atom stereocenters. The van der Waals surface area contributed by atoms with Gasteiger partial charge in [-0.15, -0.1) is 24.8 Å². The molecule has 5 rings (SSSR count). The number of hydrogen-bond donors (Lipinski definition) is 0. The molecule has 0 saturated heterocycles. The van der Waals surface area contributed by atoms with Crippen molar-refractivity contribution in [3.63, 3.8) is 0 Å². The number of halogens is 4. The van der Waals surface area contributed by atoms with E-state index in [9.17, 15) is 8.78 Å². The first kappa shape index (κ1) is 28.1. The van der Waals surface area contributed by atoms with E-state index >= 15 is 0 Å².